The number of furan rings is 1. The van der Waals surface area contributed by atoms with E-state index in [9.17, 15) is 14.4 Å². The van der Waals surface area contributed by atoms with Gasteiger partial charge in [-0.3, -0.25) is 24.2 Å². The van der Waals surface area contributed by atoms with Crippen LogP contribution < -0.4 is 5.32 Å². The normalized spacial score (nSPS) is 13.6. The minimum Gasteiger partial charge on any atom is -0.465 e. The van der Waals surface area contributed by atoms with Crippen molar-refractivity contribution in [2.45, 2.75) is 53.5 Å². The van der Waals surface area contributed by atoms with Crippen molar-refractivity contribution in [3.63, 3.8) is 0 Å². The molecule has 1 N–H and O–H groups in total. The summed E-state index contributed by atoms with van der Waals surface area (Å²) < 4.78 is 18.7. The number of nitrogens with zero attached hydrogens (tertiary/aromatic N) is 5. The first kappa shape index (κ1) is 45.2. The van der Waals surface area contributed by atoms with E-state index < -0.39 is 0 Å². The summed E-state index contributed by atoms with van der Waals surface area (Å²) in [7, 11) is 2.64. The number of esters is 2. The molecule has 1 saturated heterocycles. The van der Waals surface area contributed by atoms with E-state index in [0.717, 1.165) is 79.3 Å². The highest BCUT2D eigenvalue weighted by molar-refractivity contribution is 8.77. The van der Waals surface area contributed by atoms with Crippen LogP contribution in [0.2, 0.25) is 0 Å². The Labute approximate surface area is 366 Å². The summed E-state index contributed by atoms with van der Waals surface area (Å²) in [5.41, 5.74) is 6.54. The molecule has 1 aliphatic rings. The van der Waals surface area contributed by atoms with E-state index in [0.29, 0.717) is 49.2 Å². The van der Waals surface area contributed by atoms with Crippen LogP contribution in [0.5, 0.6) is 0 Å². The van der Waals surface area contributed by atoms with Crippen LogP contribution in [-0.4, -0.2) is 99.7 Å². The van der Waals surface area contributed by atoms with E-state index in [1.807, 2.05) is 61.5 Å². The van der Waals surface area contributed by atoms with Crippen molar-refractivity contribution in [1.29, 1.82) is 0 Å². The monoisotopic (exact) mass is 862 g/mol. The lowest BCUT2D eigenvalue weighted by Gasteiger charge is -2.34. The predicted molar refractivity (Wildman–Crippen MR) is 243 cm³/mol. The van der Waals surface area contributed by atoms with Crippen LogP contribution in [0.15, 0.2) is 95.2 Å². The molecule has 6 rings (SSSR count). The maximum Gasteiger partial charge on any atom is 0.316 e. The fourth-order valence-corrected chi connectivity index (χ4v) is 8.20. The number of carbonyl (C=O) groups is 3. The molecule has 1 atom stereocenters. The Morgan fingerprint density at radius 1 is 0.902 bits per heavy atom. The second-order valence-corrected chi connectivity index (χ2v) is 17.8. The van der Waals surface area contributed by atoms with Crippen molar-refractivity contribution in [3.05, 3.63) is 119 Å². The van der Waals surface area contributed by atoms with E-state index in [1.165, 1.54) is 27.2 Å². The third-order valence-electron chi connectivity index (χ3n) is 10.2. The number of hydrogen-bond acceptors (Lipinski definition) is 12. The Bertz CT molecular complexity index is 2330. The molecule has 0 spiro atoms. The molecule has 3 aromatic heterocycles. The maximum atomic E-state index is 13.2. The van der Waals surface area contributed by atoms with Crippen molar-refractivity contribution in [1.82, 2.24) is 24.4 Å². The molecule has 1 aliphatic heterocycles. The summed E-state index contributed by atoms with van der Waals surface area (Å²) in [6, 6.07) is 20.8. The highest BCUT2D eigenvalue weighted by Gasteiger charge is 2.19. The summed E-state index contributed by atoms with van der Waals surface area (Å²) in [5.74, 6) is 8.11. The molecule has 14 heteroatoms. The number of piperazine rings is 1. The van der Waals surface area contributed by atoms with Gasteiger partial charge in [0.1, 0.15) is 35.3 Å². The number of anilines is 1. The first-order chi connectivity index (χ1) is 29.6. The number of amides is 1. The van der Waals surface area contributed by atoms with Crippen molar-refractivity contribution in [2.75, 3.05) is 62.8 Å². The van der Waals surface area contributed by atoms with Crippen molar-refractivity contribution in [2.24, 2.45) is 5.92 Å². The molecule has 0 aliphatic carbocycles. The fourth-order valence-electron chi connectivity index (χ4n) is 6.60. The molecular weight excluding hydrogens is 809 g/mol. The minimum atomic E-state index is -0.277. The lowest BCUT2D eigenvalue weighted by Crippen LogP contribution is -2.46. The second-order valence-electron chi connectivity index (χ2n) is 15.4. The number of benzene rings is 2. The molecule has 0 unspecified atom stereocenters. The number of hydrogen-bond donors (Lipinski definition) is 1. The van der Waals surface area contributed by atoms with Gasteiger partial charge in [-0.25, -0.2) is 9.50 Å². The van der Waals surface area contributed by atoms with E-state index >= 15 is 0 Å². The van der Waals surface area contributed by atoms with Crippen LogP contribution in [0, 0.1) is 24.7 Å². The molecule has 5 aromatic rings. The molecule has 2 aromatic carbocycles. The predicted octanol–water partition coefficient (Wildman–Crippen LogP) is 8.31. The molecule has 61 heavy (non-hydrogen) atoms. The molecule has 1 fully saturated rings. The Morgan fingerprint density at radius 3 is 2.39 bits per heavy atom. The third kappa shape index (κ3) is 14.4. The summed E-state index contributed by atoms with van der Waals surface area (Å²) in [4.78, 5) is 46.5. The molecular formula is C47H54N6O6S2. The first-order valence-electron chi connectivity index (χ1n) is 20.7. The number of rotatable bonds is 19. The van der Waals surface area contributed by atoms with Crippen LogP contribution >= 0.6 is 21.6 Å². The zero-order chi connectivity index (χ0) is 43.0. The largest absolute Gasteiger partial charge is 0.465 e. The smallest absolute Gasteiger partial charge is 0.316 e. The summed E-state index contributed by atoms with van der Waals surface area (Å²) in [5, 5.41) is 7.30. The van der Waals surface area contributed by atoms with Crippen LogP contribution in [0.4, 0.5) is 5.69 Å². The first-order valence-corrected chi connectivity index (χ1v) is 23.1. The van der Waals surface area contributed by atoms with E-state index in [2.05, 4.69) is 63.9 Å². The van der Waals surface area contributed by atoms with Gasteiger partial charge in [0.2, 0.25) is 0 Å². The number of nitrogens with one attached hydrogen (secondary N) is 1. The van der Waals surface area contributed by atoms with Gasteiger partial charge in [-0.15, -0.1) is 0 Å². The molecule has 0 radical (unpaired) electrons. The van der Waals surface area contributed by atoms with E-state index in [4.69, 9.17) is 13.9 Å². The summed E-state index contributed by atoms with van der Waals surface area (Å²) in [6.07, 6.45) is 8.61. The highest BCUT2D eigenvalue weighted by Crippen LogP contribution is 2.26. The van der Waals surface area contributed by atoms with Crippen molar-refractivity contribution in [3.8, 4) is 23.2 Å². The van der Waals surface area contributed by atoms with Gasteiger partial charge in [0, 0.05) is 61.3 Å². The van der Waals surface area contributed by atoms with Gasteiger partial charge in [-0.1, -0.05) is 52.1 Å². The summed E-state index contributed by atoms with van der Waals surface area (Å²) >= 11 is 0. The lowest BCUT2D eigenvalue weighted by atomic mass is 10.0. The number of carbonyl (C=O) groups excluding carboxylic acids is 3. The lowest BCUT2D eigenvalue weighted by molar-refractivity contribution is -0.141. The number of fused-ring (bicyclic) bond motifs is 1. The van der Waals surface area contributed by atoms with Gasteiger partial charge in [0.25, 0.3) is 5.91 Å². The molecule has 0 bridgehead atoms. The minimum absolute atomic E-state index is 0.190. The van der Waals surface area contributed by atoms with Gasteiger partial charge >= 0.3 is 11.9 Å². The average molecular weight is 863 g/mol. The van der Waals surface area contributed by atoms with Gasteiger partial charge in [0.05, 0.1) is 19.3 Å². The Balaban J connectivity index is 0.848. The number of imidazole rings is 1. The fraction of sp³-hybridized carbons (Fsp3) is 0.383. The van der Waals surface area contributed by atoms with Crippen LogP contribution in [-0.2, 0) is 25.6 Å². The number of aromatic nitrogens is 3. The molecule has 320 valence electrons. The number of allylic oxidation sites excluding steroid dienone is 2. The zero-order valence-corrected chi connectivity index (χ0v) is 37.0. The van der Waals surface area contributed by atoms with Crippen molar-refractivity contribution < 1.29 is 28.3 Å². The third-order valence-corrected chi connectivity index (χ3v) is 12.3. The average Bonchev–Trinajstić information content (AvgIpc) is 3.90. The van der Waals surface area contributed by atoms with E-state index in [1.54, 1.807) is 29.0 Å². The molecule has 4 heterocycles. The SMILES string of the molecule is CC(C)=CCC[C@H](C)CCOC(=O)CSSCC(=O)OCCN1CCN(Cc2ccc(-c3ccc(NC(=O)c4ccc(C)c(C#Cc5cnc6cccnn56)c4)cc3)o2)CC1. The number of aryl methyl sites for hydroxylation is 1. The van der Waals surface area contributed by atoms with Gasteiger partial charge in [-0.2, -0.15) is 5.10 Å². The van der Waals surface area contributed by atoms with E-state index in [-0.39, 0.29) is 29.4 Å². The van der Waals surface area contributed by atoms with Crippen LogP contribution in [0.25, 0.3) is 17.0 Å². The molecule has 0 saturated carbocycles. The maximum absolute atomic E-state index is 13.2. The van der Waals surface area contributed by atoms with Crippen molar-refractivity contribution >= 4 is 50.8 Å². The van der Waals surface area contributed by atoms with Gasteiger partial charge in [-0.05, 0) is 118 Å². The zero-order valence-electron chi connectivity index (χ0n) is 35.4. The number of ether oxygens (including phenoxy) is 2. The Kier molecular flexibility index (Phi) is 17.1. The van der Waals surface area contributed by atoms with Crippen LogP contribution in [0.3, 0.4) is 0 Å². The van der Waals surface area contributed by atoms with Gasteiger partial charge in [0.15, 0.2) is 5.65 Å². The molecule has 12 nitrogen and oxygen atoms in total. The van der Waals surface area contributed by atoms with Crippen LogP contribution in [0.1, 0.15) is 73.0 Å². The summed E-state index contributed by atoms with van der Waals surface area (Å²) in [6.45, 7) is 14.0. The Hall–Kier alpha value is -5.33. The van der Waals surface area contributed by atoms with Gasteiger partial charge < -0.3 is 19.2 Å². The quantitative estimate of drug-likeness (QED) is 0.0282. The second kappa shape index (κ2) is 23.0. The highest BCUT2D eigenvalue weighted by atomic mass is 33.1. The Morgan fingerprint density at radius 2 is 1.64 bits per heavy atom. The standard InChI is InChI=1S/C47H54N6O6S2/c1-34(2)7-5-8-35(3)20-27-57-45(54)32-60-61-33-46(55)58-28-26-51-22-24-52(25-23-51)31-42-18-19-43(59-42)37-12-15-40(16-13-37)50-47(56)39-11-10-36(4)38(29-39)14-17-41-30-48-44-9-6-21-49-53(41)44/h6-7,9-13,15-16,18-19,21,29-30,35H,5,8,20,22-28,31-33H2,1-4H3,(H,50,56)/t35-/m0/s1. The topological polar surface area (TPSA) is 132 Å². The molecule has 1 amide bonds.